The normalized spacial score (nSPS) is 24.6. The van der Waals surface area contributed by atoms with Crippen molar-refractivity contribution in [2.45, 2.75) is 242 Å². The molecule has 1 aliphatic rings. The Bertz CT molecular complexity index is 948. The highest BCUT2D eigenvalue weighted by Gasteiger charge is 2.51. The van der Waals surface area contributed by atoms with E-state index in [0.717, 1.165) is 51.4 Å². The molecule has 1 amide bonds. The first-order chi connectivity index (χ1) is 25.8. The predicted molar refractivity (Wildman–Crippen MR) is 211 cm³/mol. The lowest BCUT2D eigenvalue weighted by atomic mass is 9.85. The van der Waals surface area contributed by atoms with Gasteiger partial charge in [0.1, 0.15) is 36.6 Å². The lowest BCUT2D eigenvalue weighted by molar-refractivity contribution is -0.220. The lowest BCUT2D eigenvalue weighted by Gasteiger charge is -2.41. The smallest absolute Gasteiger partial charge is 0.393 e. The predicted octanol–water partition coefficient (Wildman–Crippen LogP) is 6.09. The number of phosphoric ester groups is 1. The van der Waals surface area contributed by atoms with Gasteiger partial charge in [-0.3, -0.25) is 13.8 Å². The minimum absolute atomic E-state index is 0.217. The summed E-state index contributed by atoms with van der Waals surface area (Å²) >= 11 is 0. The zero-order valence-corrected chi connectivity index (χ0v) is 34.5. The molecule has 8 unspecified atom stereocenters. The minimum Gasteiger partial charge on any atom is -0.393 e. The highest BCUT2D eigenvalue weighted by molar-refractivity contribution is 7.47. The van der Waals surface area contributed by atoms with Crippen LogP contribution >= 0.6 is 7.82 Å². The molecule has 1 rings (SSSR count). The molecule has 0 aromatic carbocycles. The van der Waals surface area contributed by atoms with Gasteiger partial charge in [0, 0.05) is 0 Å². The van der Waals surface area contributed by atoms with Crippen LogP contribution in [0.5, 0.6) is 0 Å². The summed E-state index contributed by atoms with van der Waals surface area (Å²) in [6, 6.07) is -1.15. The van der Waals surface area contributed by atoms with Gasteiger partial charge in [-0.05, 0) is 12.8 Å². The third kappa shape index (κ3) is 23.5. The first-order valence-electron chi connectivity index (χ1n) is 21.6. The Morgan fingerprint density at radius 3 is 1.33 bits per heavy atom. The van der Waals surface area contributed by atoms with Crippen LogP contribution in [0, 0.1) is 0 Å². The molecule has 8 atom stereocenters. The minimum atomic E-state index is -5.10. The average Bonchev–Trinajstić information content (AvgIpc) is 3.14. The van der Waals surface area contributed by atoms with Gasteiger partial charge in [-0.1, -0.05) is 168 Å². The maximum atomic E-state index is 12.9. The number of rotatable bonds is 35. The van der Waals surface area contributed by atoms with Gasteiger partial charge in [0.2, 0.25) is 5.91 Å². The van der Waals surface area contributed by atoms with Gasteiger partial charge < -0.3 is 46.0 Å². The molecule has 1 aliphatic carbocycles. The maximum Gasteiger partial charge on any atom is 0.472 e. The molecule has 13 nitrogen and oxygen atoms in total. The molecule has 0 radical (unpaired) electrons. The lowest BCUT2D eigenvalue weighted by Crippen LogP contribution is -2.64. The molecule has 9 N–H and O–H groups in total. The highest BCUT2D eigenvalue weighted by atomic mass is 31.2. The van der Waals surface area contributed by atoms with E-state index in [1.54, 1.807) is 0 Å². The number of nitrogens with one attached hydrogen (secondary N) is 1. The van der Waals surface area contributed by atoms with Crippen LogP contribution in [0.2, 0.25) is 0 Å². The summed E-state index contributed by atoms with van der Waals surface area (Å²) in [5.41, 5.74) is 0. The van der Waals surface area contributed by atoms with Crippen LogP contribution in [0.4, 0.5) is 0 Å². The summed E-state index contributed by atoms with van der Waals surface area (Å²) in [4.78, 5) is 23.4. The van der Waals surface area contributed by atoms with E-state index in [4.69, 9.17) is 9.05 Å². The summed E-state index contributed by atoms with van der Waals surface area (Å²) in [7, 11) is -5.10. The largest absolute Gasteiger partial charge is 0.472 e. The molecular weight excluding hydrogens is 717 g/mol. The van der Waals surface area contributed by atoms with Gasteiger partial charge in [-0.25, -0.2) is 4.57 Å². The molecule has 0 saturated heterocycles. The number of aliphatic hydroxyl groups is 7. The van der Waals surface area contributed by atoms with Crippen molar-refractivity contribution in [3.8, 4) is 0 Å². The summed E-state index contributed by atoms with van der Waals surface area (Å²) < 4.78 is 22.8. The van der Waals surface area contributed by atoms with Crippen LogP contribution < -0.4 is 5.32 Å². The highest BCUT2D eigenvalue weighted by Crippen LogP contribution is 2.47. The number of aliphatic hydroxyl groups excluding tert-OH is 7. The number of amides is 1. The standard InChI is InChI=1S/C40H80NO12P/c1-3-5-7-9-11-13-15-17-19-21-23-25-27-31(42)29-34(44)41-32(33(43)28-26-24-22-20-18-16-14-12-10-8-6-4-2)30-52-54(50,51)53-40-38(48)36(46)35(45)37(47)39(40)49/h31-33,35-40,42-43,45-49H,3-30H2,1-2H3,(H,41,44)(H,50,51). The fraction of sp³-hybridized carbons (Fsp3) is 0.975. The third-order valence-corrected chi connectivity index (χ3v) is 11.7. The Hall–Kier alpha value is -0.700. The molecule has 0 aromatic heterocycles. The van der Waals surface area contributed by atoms with Crippen molar-refractivity contribution < 1.29 is 59.0 Å². The van der Waals surface area contributed by atoms with Gasteiger partial charge >= 0.3 is 7.82 Å². The van der Waals surface area contributed by atoms with E-state index in [-0.39, 0.29) is 12.8 Å². The van der Waals surface area contributed by atoms with Gasteiger partial charge in [0.05, 0.1) is 31.3 Å². The van der Waals surface area contributed by atoms with Gasteiger partial charge in [0.25, 0.3) is 0 Å². The molecule has 1 fully saturated rings. The fourth-order valence-corrected chi connectivity index (χ4v) is 8.09. The molecule has 0 aliphatic heterocycles. The van der Waals surface area contributed by atoms with E-state index in [0.29, 0.717) is 12.8 Å². The van der Waals surface area contributed by atoms with Crippen molar-refractivity contribution in [2.24, 2.45) is 0 Å². The van der Waals surface area contributed by atoms with Crippen molar-refractivity contribution in [3.05, 3.63) is 0 Å². The number of carbonyl (C=O) groups excluding carboxylic acids is 1. The molecular formula is C40H80NO12P. The maximum absolute atomic E-state index is 12.9. The first kappa shape index (κ1) is 51.3. The van der Waals surface area contributed by atoms with E-state index in [9.17, 15) is 50.0 Å². The second-order valence-corrected chi connectivity index (χ2v) is 17.1. The number of hydrogen-bond donors (Lipinski definition) is 9. The second kappa shape index (κ2) is 31.3. The summed E-state index contributed by atoms with van der Waals surface area (Å²) in [6.45, 7) is 3.76. The summed E-state index contributed by atoms with van der Waals surface area (Å²) in [6.07, 6.45) is 14.5. The first-order valence-corrected chi connectivity index (χ1v) is 23.1. The van der Waals surface area contributed by atoms with Crippen LogP contribution in [0.25, 0.3) is 0 Å². The van der Waals surface area contributed by atoms with Crippen LogP contribution in [0.3, 0.4) is 0 Å². The molecule has 1 saturated carbocycles. The van der Waals surface area contributed by atoms with Gasteiger partial charge in [0.15, 0.2) is 0 Å². The Morgan fingerprint density at radius 1 is 0.574 bits per heavy atom. The number of phosphoric acid groups is 1. The topological polar surface area (TPSA) is 226 Å². The Kier molecular flexibility index (Phi) is 29.8. The molecule has 0 spiro atoms. The number of unbranched alkanes of at least 4 members (excludes halogenated alkanes) is 22. The third-order valence-electron chi connectivity index (χ3n) is 10.7. The van der Waals surface area contributed by atoms with Crippen molar-refractivity contribution in [3.63, 3.8) is 0 Å². The zero-order chi connectivity index (χ0) is 40.2. The van der Waals surface area contributed by atoms with E-state index in [1.807, 2.05) is 0 Å². The van der Waals surface area contributed by atoms with E-state index in [1.165, 1.54) is 96.3 Å². The number of carbonyl (C=O) groups is 1. The van der Waals surface area contributed by atoms with Crippen molar-refractivity contribution >= 4 is 13.7 Å². The van der Waals surface area contributed by atoms with E-state index >= 15 is 0 Å². The van der Waals surface area contributed by atoms with E-state index < -0.39 is 75.2 Å². The molecule has 14 heteroatoms. The SMILES string of the molecule is CCCCCCCCCCCCCCC(O)CC(=O)NC(COP(=O)(O)OC1C(O)C(O)C(O)C(O)C1O)C(O)CCCCCCCCCCCCCC. The molecule has 0 bridgehead atoms. The zero-order valence-electron chi connectivity index (χ0n) is 33.7. The van der Waals surface area contributed by atoms with Gasteiger partial charge in [-0.15, -0.1) is 0 Å². The van der Waals surface area contributed by atoms with Crippen LogP contribution in [0.15, 0.2) is 0 Å². The fourth-order valence-electron chi connectivity index (χ4n) is 7.13. The Labute approximate surface area is 326 Å². The van der Waals surface area contributed by atoms with Crippen LogP contribution in [-0.4, -0.2) is 108 Å². The quantitative estimate of drug-likeness (QED) is 0.0263. The monoisotopic (exact) mass is 798 g/mol. The van der Waals surface area contributed by atoms with Crippen LogP contribution in [0.1, 0.15) is 187 Å². The summed E-state index contributed by atoms with van der Waals surface area (Å²) in [5.74, 6) is -0.559. The van der Waals surface area contributed by atoms with Gasteiger partial charge in [-0.2, -0.15) is 0 Å². The summed E-state index contributed by atoms with van der Waals surface area (Å²) in [5, 5.41) is 74.3. The molecule has 322 valence electrons. The van der Waals surface area contributed by atoms with Crippen LogP contribution in [-0.2, 0) is 18.4 Å². The average molecular weight is 798 g/mol. The van der Waals surface area contributed by atoms with Crippen molar-refractivity contribution in [1.82, 2.24) is 5.32 Å². The molecule has 0 heterocycles. The Balaban J connectivity index is 2.57. The Morgan fingerprint density at radius 2 is 0.926 bits per heavy atom. The van der Waals surface area contributed by atoms with Crippen molar-refractivity contribution in [2.75, 3.05) is 6.61 Å². The van der Waals surface area contributed by atoms with Crippen molar-refractivity contribution in [1.29, 1.82) is 0 Å². The van der Waals surface area contributed by atoms with E-state index in [2.05, 4.69) is 19.2 Å². The molecule has 0 aromatic rings. The second-order valence-electron chi connectivity index (χ2n) is 15.7. The molecule has 54 heavy (non-hydrogen) atoms. The number of hydrogen-bond acceptors (Lipinski definition) is 11.